The second kappa shape index (κ2) is 11.0. The van der Waals surface area contributed by atoms with Crippen LogP contribution in [0.15, 0.2) is 12.1 Å². The van der Waals surface area contributed by atoms with E-state index in [9.17, 15) is 0 Å². The molecule has 1 fully saturated rings. The van der Waals surface area contributed by atoms with Crippen molar-refractivity contribution in [2.75, 3.05) is 45.2 Å². The van der Waals surface area contributed by atoms with Crippen LogP contribution in [-0.4, -0.2) is 61.4 Å². The molecule has 0 spiro atoms. The molecule has 1 aromatic heterocycles. The van der Waals surface area contributed by atoms with Crippen LogP contribution in [0.4, 0.5) is 5.69 Å². The van der Waals surface area contributed by atoms with Crippen molar-refractivity contribution >= 4 is 23.1 Å². The number of aryl methyl sites for hydroxylation is 1. The zero-order chi connectivity index (χ0) is 21.3. The average molecular weight is 416 g/mol. The molecule has 0 bridgehead atoms. The molecular weight excluding hydrogens is 382 g/mol. The fraction of sp³-hybridized carbons (Fsp3) is 0.565. The van der Waals surface area contributed by atoms with E-state index in [1.54, 1.807) is 7.11 Å². The summed E-state index contributed by atoms with van der Waals surface area (Å²) in [5.41, 5.74) is 4.85. The highest BCUT2D eigenvalue weighted by Crippen LogP contribution is 2.39. The number of methoxy groups -OCH3 is 1. The number of nitrogens with one attached hydrogen (secondary N) is 1. The Bertz CT molecular complexity index is 850. The molecule has 0 unspecified atom stereocenters. The minimum atomic E-state index is -0.250. The molecule has 1 aromatic carbocycles. The fourth-order valence-corrected chi connectivity index (χ4v) is 4.40. The largest absolute Gasteiger partial charge is 0.493 e. The maximum atomic E-state index is 8.36. The molecule has 7 nitrogen and oxygen atoms in total. The summed E-state index contributed by atoms with van der Waals surface area (Å²) in [5, 5.41) is 11.6. The number of likely N-dealkylation sites (tertiary alicyclic amines) is 1. The van der Waals surface area contributed by atoms with Crippen molar-refractivity contribution in [2.24, 2.45) is 0 Å². The number of rotatable bonds is 8. The lowest BCUT2D eigenvalue weighted by Crippen LogP contribution is -2.21. The minimum Gasteiger partial charge on any atom is -0.493 e. The van der Waals surface area contributed by atoms with Gasteiger partial charge in [-0.05, 0) is 70.2 Å². The maximum absolute atomic E-state index is 8.36. The van der Waals surface area contributed by atoms with Gasteiger partial charge in [0, 0.05) is 35.9 Å². The van der Waals surface area contributed by atoms with Crippen molar-refractivity contribution in [1.29, 1.82) is 0 Å². The Morgan fingerprint density at radius 2 is 1.97 bits per heavy atom. The Balaban J connectivity index is 0.000000806. The van der Waals surface area contributed by atoms with E-state index in [4.69, 9.17) is 24.4 Å². The quantitative estimate of drug-likeness (QED) is 0.502. The van der Waals surface area contributed by atoms with Crippen LogP contribution in [0.1, 0.15) is 43.9 Å². The third kappa shape index (κ3) is 5.14. The average Bonchev–Trinajstić information content (AvgIpc) is 3.43. The number of benzene rings is 1. The van der Waals surface area contributed by atoms with Gasteiger partial charge in [0.2, 0.25) is 0 Å². The van der Waals surface area contributed by atoms with Crippen molar-refractivity contribution in [2.45, 2.75) is 45.4 Å². The van der Waals surface area contributed by atoms with Crippen molar-refractivity contribution in [3.8, 4) is 11.5 Å². The molecule has 2 aliphatic rings. The zero-order valence-corrected chi connectivity index (χ0v) is 18.1. The molecule has 2 heterocycles. The summed E-state index contributed by atoms with van der Waals surface area (Å²) in [6, 6.07) is 4.15. The molecule has 1 saturated heterocycles. The van der Waals surface area contributed by atoms with Crippen molar-refractivity contribution in [1.82, 2.24) is 9.88 Å². The first kappa shape index (κ1) is 22.2. The number of fused-ring (bicyclic) bond motifs is 2. The number of hydrogen-bond donors (Lipinski definition) is 2. The van der Waals surface area contributed by atoms with Crippen LogP contribution in [0.5, 0.6) is 11.5 Å². The van der Waals surface area contributed by atoms with Gasteiger partial charge in [0.05, 0.1) is 19.2 Å². The summed E-state index contributed by atoms with van der Waals surface area (Å²) in [5.74, 6) is 1.60. The zero-order valence-electron chi connectivity index (χ0n) is 18.1. The van der Waals surface area contributed by atoms with Crippen molar-refractivity contribution < 1.29 is 19.4 Å². The van der Waals surface area contributed by atoms with Crippen LogP contribution in [0.25, 0.3) is 10.9 Å². The van der Waals surface area contributed by atoms with Gasteiger partial charge < -0.3 is 24.8 Å². The standard InChI is InChI=1S/C22H31N3O2.CH2O2/c1-3-23-22-16-8-6-9-18(16)24-19-15-21(20(26-2)14-17(19)22)27-13-7-12-25-10-4-5-11-25;2-1-3/h14-15H,3-13H2,1-2H3,(H,23,24);1H,(H,2,3). The number of anilines is 1. The predicted octanol–water partition coefficient (Wildman–Crippen LogP) is 3.73. The van der Waals surface area contributed by atoms with E-state index in [0.29, 0.717) is 6.61 Å². The SMILES string of the molecule is CCNc1c2c(nc3cc(OCCCN4CCCC4)c(OC)cc13)CCC2.O=CO. The van der Waals surface area contributed by atoms with Crippen LogP contribution in [0, 0.1) is 0 Å². The first-order chi connectivity index (χ1) is 14.7. The van der Waals surface area contributed by atoms with Crippen LogP contribution in [0.3, 0.4) is 0 Å². The summed E-state index contributed by atoms with van der Waals surface area (Å²) < 4.78 is 11.7. The molecule has 1 aliphatic carbocycles. The predicted molar refractivity (Wildman–Crippen MR) is 119 cm³/mol. The van der Waals surface area contributed by atoms with E-state index in [1.807, 2.05) is 0 Å². The molecule has 0 radical (unpaired) electrons. The van der Waals surface area contributed by atoms with E-state index in [2.05, 4.69) is 29.3 Å². The third-order valence-electron chi connectivity index (χ3n) is 5.73. The Morgan fingerprint density at radius 3 is 2.67 bits per heavy atom. The molecule has 0 saturated carbocycles. The van der Waals surface area contributed by atoms with Gasteiger partial charge in [-0.25, -0.2) is 0 Å². The number of carbonyl (C=O) groups is 1. The van der Waals surface area contributed by atoms with Crippen LogP contribution in [0.2, 0.25) is 0 Å². The topological polar surface area (TPSA) is 83.9 Å². The Kier molecular flexibility index (Phi) is 8.13. The molecule has 2 N–H and O–H groups in total. The lowest BCUT2D eigenvalue weighted by Gasteiger charge is -2.18. The number of aromatic nitrogens is 1. The van der Waals surface area contributed by atoms with Gasteiger partial charge in [-0.1, -0.05) is 0 Å². The first-order valence-electron chi connectivity index (χ1n) is 10.9. The van der Waals surface area contributed by atoms with E-state index < -0.39 is 0 Å². The van der Waals surface area contributed by atoms with E-state index in [1.165, 1.54) is 49.3 Å². The van der Waals surface area contributed by atoms with Gasteiger partial charge in [0.15, 0.2) is 11.5 Å². The van der Waals surface area contributed by atoms with Crippen LogP contribution < -0.4 is 14.8 Å². The van der Waals surface area contributed by atoms with E-state index >= 15 is 0 Å². The monoisotopic (exact) mass is 415 g/mol. The molecular formula is C23H33N3O4. The molecule has 4 rings (SSSR count). The number of hydrogen-bond acceptors (Lipinski definition) is 6. The number of carboxylic acid groups (broad SMARTS) is 1. The molecule has 30 heavy (non-hydrogen) atoms. The fourth-order valence-electron chi connectivity index (χ4n) is 4.40. The summed E-state index contributed by atoms with van der Waals surface area (Å²) in [4.78, 5) is 15.8. The smallest absolute Gasteiger partial charge is 0.290 e. The Labute approximate surface area is 178 Å². The minimum absolute atomic E-state index is 0.250. The molecule has 0 amide bonds. The Morgan fingerprint density at radius 1 is 1.20 bits per heavy atom. The van der Waals surface area contributed by atoms with Crippen molar-refractivity contribution in [3.05, 3.63) is 23.4 Å². The summed E-state index contributed by atoms with van der Waals surface area (Å²) in [6.07, 6.45) is 7.09. The summed E-state index contributed by atoms with van der Waals surface area (Å²) >= 11 is 0. The highest BCUT2D eigenvalue weighted by Gasteiger charge is 2.21. The Hall–Kier alpha value is -2.54. The molecule has 1 aliphatic heterocycles. The molecule has 2 aromatic rings. The molecule has 0 atom stereocenters. The van der Waals surface area contributed by atoms with Crippen molar-refractivity contribution in [3.63, 3.8) is 0 Å². The highest BCUT2D eigenvalue weighted by atomic mass is 16.5. The normalized spacial score (nSPS) is 15.4. The number of nitrogens with zero attached hydrogens (tertiary/aromatic N) is 2. The second-order valence-electron chi connectivity index (χ2n) is 7.67. The second-order valence-corrected chi connectivity index (χ2v) is 7.67. The van der Waals surface area contributed by atoms with E-state index in [-0.39, 0.29) is 6.47 Å². The van der Waals surface area contributed by atoms with Gasteiger partial charge >= 0.3 is 0 Å². The molecule has 7 heteroatoms. The van der Waals surface area contributed by atoms with Gasteiger partial charge in [0.1, 0.15) is 0 Å². The summed E-state index contributed by atoms with van der Waals surface area (Å²) in [6.45, 7) is 7.10. The maximum Gasteiger partial charge on any atom is 0.290 e. The lowest BCUT2D eigenvalue weighted by atomic mass is 10.1. The summed E-state index contributed by atoms with van der Waals surface area (Å²) in [7, 11) is 1.71. The van der Waals surface area contributed by atoms with Gasteiger partial charge in [-0.2, -0.15) is 0 Å². The first-order valence-corrected chi connectivity index (χ1v) is 10.9. The van der Waals surface area contributed by atoms with Crippen LogP contribution >= 0.6 is 0 Å². The van der Waals surface area contributed by atoms with Gasteiger partial charge in [0.25, 0.3) is 6.47 Å². The number of pyridine rings is 1. The van der Waals surface area contributed by atoms with E-state index in [0.717, 1.165) is 54.8 Å². The van der Waals surface area contributed by atoms with Crippen LogP contribution in [-0.2, 0) is 17.6 Å². The number of ether oxygens (including phenoxy) is 2. The van der Waals surface area contributed by atoms with Gasteiger partial charge in [-0.15, -0.1) is 0 Å². The lowest BCUT2D eigenvalue weighted by molar-refractivity contribution is -0.122. The molecule has 164 valence electrons. The third-order valence-corrected chi connectivity index (χ3v) is 5.73. The van der Waals surface area contributed by atoms with Gasteiger partial charge in [-0.3, -0.25) is 9.78 Å². The highest BCUT2D eigenvalue weighted by molar-refractivity contribution is 5.96.